The topological polar surface area (TPSA) is 98.3 Å². The van der Waals surface area contributed by atoms with Gasteiger partial charge in [-0.1, -0.05) is 17.3 Å². The first-order valence-electron chi connectivity index (χ1n) is 7.34. The molecule has 0 fully saturated rings. The maximum absolute atomic E-state index is 12.2. The molecule has 0 unspecified atom stereocenters. The molecule has 0 radical (unpaired) electrons. The highest BCUT2D eigenvalue weighted by atomic mass is 16.6. The molecule has 1 N–H and O–H groups in total. The molecule has 0 aliphatic carbocycles. The normalized spacial score (nSPS) is 10.8. The lowest BCUT2D eigenvalue weighted by molar-refractivity contribution is -0.383. The third-order valence-electron chi connectivity index (χ3n) is 3.86. The molecule has 3 aromatic rings. The van der Waals surface area contributed by atoms with Crippen LogP contribution in [0.4, 0.5) is 11.4 Å². The highest BCUT2D eigenvalue weighted by Crippen LogP contribution is 2.25. The van der Waals surface area contributed by atoms with E-state index in [0.717, 1.165) is 16.5 Å². The van der Waals surface area contributed by atoms with Crippen LogP contribution in [0.2, 0.25) is 0 Å². The van der Waals surface area contributed by atoms with Crippen LogP contribution in [0.3, 0.4) is 0 Å². The van der Waals surface area contributed by atoms with Crippen LogP contribution in [0.25, 0.3) is 11.0 Å². The van der Waals surface area contributed by atoms with Gasteiger partial charge in [0.2, 0.25) is 5.91 Å². The molecule has 0 bridgehead atoms. The largest absolute Gasteiger partial charge is 0.356 e. The Balaban J connectivity index is 1.84. The fraction of sp³-hybridized carbons (Fsp3) is 0.176. The number of fused-ring (bicyclic) bond motifs is 1. The summed E-state index contributed by atoms with van der Waals surface area (Å²) in [4.78, 5) is 22.7. The van der Waals surface area contributed by atoms with Crippen molar-refractivity contribution in [3.8, 4) is 0 Å². The number of nitrogens with one attached hydrogen (secondary N) is 1. The summed E-state index contributed by atoms with van der Waals surface area (Å²) < 4.78 is 5.26. The van der Waals surface area contributed by atoms with E-state index in [0.29, 0.717) is 11.3 Å². The van der Waals surface area contributed by atoms with Crippen molar-refractivity contribution in [1.29, 1.82) is 0 Å². The summed E-state index contributed by atoms with van der Waals surface area (Å²) in [6, 6.07) is 9.80. The predicted octanol–water partition coefficient (Wildman–Crippen LogP) is 3.53. The zero-order valence-electron chi connectivity index (χ0n) is 13.2. The van der Waals surface area contributed by atoms with Crippen molar-refractivity contribution in [2.45, 2.75) is 20.3 Å². The third-order valence-corrected chi connectivity index (χ3v) is 3.86. The van der Waals surface area contributed by atoms with Gasteiger partial charge in [-0.05, 0) is 43.2 Å². The molecule has 7 heteroatoms. The van der Waals surface area contributed by atoms with E-state index in [4.69, 9.17) is 4.52 Å². The Morgan fingerprint density at radius 2 is 1.96 bits per heavy atom. The molecule has 1 heterocycles. The number of anilines is 1. The van der Waals surface area contributed by atoms with Crippen LogP contribution in [-0.2, 0) is 11.2 Å². The Morgan fingerprint density at radius 3 is 2.71 bits per heavy atom. The SMILES string of the molecule is Cc1cc2onc(CC(=O)Nc3ccccc3[N+](=O)[O-])c2cc1C. The minimum atomic E-state index is -0.534. The van der Waals surface area contributed by atoms with Gasteiger partial charge in [-0.25, -0.2) is 0 Å². The molecule has 0 aliphatic heterocycles. The van der Waals surface area contributed by atoms with Crippen molar-refractivity contribution in [3.05, 3.63) is 63.3 Å². The van der Waals surface area contributed by atoms with Gasteiger partial charge in [0.1, 0.15) is 11.4 Å². The summed E-state index contributed by atoms with van der Waals surface area (Å²) in [5.41, 5.74) is 3.28. The summed E-state index contributed by atoms with van der Waals surface area (Å²) in [6.07, 6.45) is -0.0262. The number of carbonyl (C=O) groups excluding carboxylic acids is 1. The fourth-order valence-electron chi connectivity index (χ4n) is 2.46. The molecule has 0 atom stereocenters. The minimum absolute atomic E-state index is 0.0262. The Bertz CT molecular complexity index is 946. The molecular formula is C17H15N3O4. The van der Waals surface area contributed by atoms with Crippen molar-refractivity contribution < 1.29 is 14.2 Å². The maximum Gasteiger partial charge on any atom is 0.292 e. The van der Waals surface area contributed by atoms with Gasteiger partial charge >= 0.3 is 0 Å². The first-order valence-corrected chi connectivity index (χ1v) is 7.34. The smallest absolute Gasteiger partial charge is 0.292 e. The highest BCUT2D eigenvalue weighted by Gasteiger charge is 2.17. The number of carbonyl (C=O) groups is 1. The van der Waals surface area contributed by atoms with E-state index in [2.05, 4.69) is 10.5 Å². The number of amides is 1. The Hall–Kier alpha value is -3.22. The molecule has 0 aliphatic rings. The number of benzene rings is 2. The number of aryl methyl sites for hydroxylation is 2. The van der Waals surface area contributed by atoms with Gasteiger partial charge in [0.05, 0.1) is 11.3 Å². The second-order valence-electron chi connectivity index (χ2n) is 5.56. The van der Waals surface area contributed by atoms with Crippen LogP contribution in [0, 0.1) is 24.0 Å². The Kier molecular flexibility index (Phi) is 3.99. The monoisotopic (exact) mass is 325 g/mol. The quantitative estimate of drug-likeness (QED) is 0.584. The van der Waals surface area contributed by atoms with Gasteiger partial charge < -0.3 is 9.84 Å². The first-order chi connectivity index (χ1) is 11.5. The zero-order chi connectivity index (χ0) is 17.3. The van der Waals surface area contributed by atoms with E-state index in [1.807, 2.05) is 26.0 Å². The number of aromatic nitrogens is 1. The van der Waals surface area contributed by atoms with Gasteiger partial charge in [0.25, 0.3) is 5.69 Å². The summed E-state index contributed by atoms with van der Waals surface area (Å²) >= 11 is 0. The van der Waals surface area contributed by atoms with Crippen LogP contribution >= 0.6 is 0 Å². The zero-order valence-corrected chi connectivity index (χ0v) is 13.2. The molecule has 2 aromatic carbocycles. The molecule has 1 aromatic heterocycles. The number of para-hydroxylation sites is 2. The number of nitrogens with zero attached hydrogens (tertiary/aromatic N) is 2. The van der Waals surface area contributed by atoms with Gasteiger partial charge in [0, 0.05) is 11.5 Å². The number of hydrogen-bond acceptors (Lipinski definition) is 5. The number of rotatable bonds is 4. The van der Waals surface area contributed by atoms with Crippen molar-refractivity contribution >= 4 is 28.3 Å². The molecule has 3 rings (SSSR count). The fourth-order valence-corrected chi connectivity index (χ4v) is 2.46. The number of nitro groups is 1. The number of nitro benzene ring substituents is 1. The summed E-state index contributed by atoms with van der Waals surface area (Å²) in [6.45, 7) is 3.94. The van der Waals surface area contributed by atoms with Crippen molar-refractivity contribution in [1.82, 2.24) is 5.16 Å². The lowest BCUT2D eigenvalue weighted by Crippen LogP contribution is -2.15. The average Bonchev–Trinajstić information content (AvgIpc) is 2.90. The van der Waals surface area contributed by atoms with Crippen molar-refractivity contribution in [2.75, 3.05) is 5.32 Å². The van der Waals surface area contributed by atoms with E-state index in [1.165, 1.54) is 12.1 Å². The second kappa shape index (κ2) is 6.11. The van der Waals surface area contributed by atoms with Crippen LogP contribution in [-0.4, -0.2) is 16.0 Å². The van der Waals surface area contributed by atoms with E-state index in [1.54, 1.807) is 12.1 Å². The molecule has 24 heavy (non-hydrogen) atoms. The van der Waals surface area contributed by atoms with Crippen LogP contribution < -0.4 is 5.32 Å². The lowest BCUT2D eigenvalue weighted by atomic mass is 10.1. The van der Waals surface area contributed by atoms with Crippen LogP contribution in [0.1, 0.15) is 16.8 Å². The van der Waals surface area contributed by atoms with Crippen LogP contribution in [0.15, 0.2) is 40.9 Å². The standard InChI is InChI=1S/C17H15N3O4/c1-10-7-12-14(19-24-16(12)8-11(10)2)9-17(21)18-13-5-3-4-6-15(13)20(22)23/h3-8H,9H2,1-2H3,(H,18,21). The van der Waals surface area contributed by atoms with Gasteiger partial charge in [0.15, 0.2) is 5.58 Å². The molecular weight excluding hydrogens is 310 g/mol. The van der Waals surface area contributed by atoms with Crippen LogP contribution in [0.5, 0.6) is 0 Å². The average molecular weight is 325 g/mol. The van der Waals surface area contributed by atoms with Crippen molar-refractivity contribution in [3.63, 3.8) is 0 Å². The second-order valence-corrected chi connectivity index (χ2v) is 5.56. The lowest BCUT2D eigenvalue weighted by Gasteiger charge is -2.05. The van der Waals surface area contributed by atoms with Crippen molar-refractivity contribution in [2.24, 2.45) is 0 Å². The van der Waals surface area contributed by atoms with Gasteiger partial charge in [-0.15, -0.1) is 0 Å². The molecule has 122 valence electrons. The van der Waals surface area contributed by atoms with Gasteiger partial charge in [-0.3, -0.25) is 14.9 Å². The van der Waals surface area contributed by atoms with E-state index < -0.39 is 10.8 Å². The van der Waals surface area contributed by atoms with E-state index >= 15 is 0 Å². The maximum atomic E-state index is 12.2. The Labute approximate surface area is 137 Å². The number of hydrogen-bond donors (Lipinski definition) is 1. The summed E-state index contributed by atoms with van der Waals surface area (Å²) in [5.74, 6) is -0.391. The van der Waals surface area contributed by atoms with E-state index in [9.17, 15) is 14.9 Å². The van der Waals surface area contributed by atoms with Gasteiger partial charge in [-0.2, -0.15) is 0 Å². The first kappa shape index (κ1) is 15.7. The highest BCUT2D eigenvalue weighted by molar-refractivity contribution is 5.96. The van der Waals surface area contributed by atoms with E-state index in [-0.39, 0.29) is 17.8 Å². The molecule has 7 nitrogen and oxygen atoms in total. The Morgan fingerprint density at radius 1 is 1.25 bits per heavy atom. The predicted molar refractivity (Wildman–Crippen MR) is 88.9 cm³/mol. The molecule has 0 spiro atoms. The molecule has 0 saturated heterocycles. The molecule has 0 saturated carbocycles. The molecule has 1 amide bonds. The third kappa shape index (κ3) is 2.96. The summed E-state index contributed by atoms with van der Waals surface area (Å²) in [7, 11) is 0. The minimum Gasteiger partial charge on any atom is -0.356 e. The summed E-state index contributed by atoms with van der Waals surface area (Å²) in [5, 5.41) is 18.3.